The summed E-state index contributed by atoms with van der Waals surface area (Å²) in [5.41, 5.74) is 3.05. The first-order valence-corrected chi connectivity index (χ1v) is 22.3. The summed E-state index contributed by atoms with van der Waals surface area (Å²) < 4.78 is 65.3. The Kier molecular flexibility index (Phi) is 10.6. The molecule has 2 aromatic heterocycles. The molecule has 2 fully saturated rings. The molecule has 0 saturated carbocycles. The van der Waals surface area contributed by atoms with Crippen LogP contribution >= 0.6 is 0 Å². The first-order valence-electron chi connectivity index (χ1n) is 19.3. The number of hydrogen-bond acceptors (Lipinski definition) is 10. The van der Waals surface area contributed by atoms with Gasteiger partial charge in [-0.15, -0.1) is 0 Å². The summed E-state index contributed by atoms with van der Waals surface area (Å²) in [4.78, 5) is 14.5. The predicted octanol–water partition coefficient (Wildman–Crippen LogP) is 8.38. The molecule has 10 nitrogen and oxygen atoms in total. The van der Waals surface area contributed by atoms with Crippen LogP contribution in [0.4, 0.5) is 11.4 Å². The van der Waals surface area contributed by atoms with Crippen LogP contribution < -0.4 is 19.3 Å². The van der Waals surface area contributed by atoms with Crippen molar-refractivity contribution in [1.29, 1.82) is 0 Å². The van der Waals surface area contributed by atoms with Gasteiger partial charge in [0, 0.05) is 55.4 Å². The molecule has 3 aliphatic rings. The van der Waals surface area contributed by atoms with E-state index in [9.17, 15) is 16.8 Å². The molecule has 0 bridgehead atoms. The highest BCUT2D eigenvalue weighted by Crippen LogP contribution is 2.43. The van der Waals surface area contributed by atoms with Gasteiger partial charge >= 0.3 is 0 Å². The maximum Gasteiger partial charge on any atom is 0.210 e. The minimum absolute atomic E-state index is 0.243. The maximum atomic E-state index is 13.6. The van der Waals surface area contributed by atoms with Gasteiger partial charge in [0.25, 0.3) is 0 Å². The molecule has 6 aromatic rings. The number of fused-ring (bicyclic) bond motifs is 3. The van der Waals surface area contributed by atoms with Crippen LogP contribution in [0.2, 0.25) is 0 Å². The molecule has 5 heterocycles. The van der Waals surface area contributed by atoms with Crippen molar-refractivity contribution < 1.29 is 26.3 Å². The van der Waals surface area contributed by atoms with Gasteiger partial charge in [-0.3, -0.25) is 9.97 Å². The normalized spacial score (nSPS) is 16.8. The van der Waals surface area contributed by atoms with Crippen LogP contribution in [0.3, 0.4) is 0 Å². The molecule has 9 rings (SSSR count). The lowest BCUT2D eigenvalue weighted by molar-refractivity contribution is 0.172. The zero-order chi connectivity index (χ0) is 38.9. The number of nitrogens with zero attached hydrogens (tertiary/aromatic N) is 4. The minimum atomic E-state index is -3.72. The Balaban J connectivity index is 0.000000159. The van der Waals surface area contributed by atoms with Crippen molar-refractivity contribution in [3.05, 3.63) is 109 Å². The number of sulfone groups is 2. The maximum absolute atomic E-state index is 13.6. The van der Waals surface area contributed by atoms with E-state index in [0.29, 0.717) is 57.5 Å². The Bertz CT molecular complexity index is 2570. The van der Waals surface area contributed by atoms with Crippen molar-refractivity contribution in [3.63, 3.8) is 0 Å². The molecule has 2 saturated heterocycles. The quantitative estimate of drug-likeness (QED) is 0.163. The number of hydrogen-bond donors (Lipinski definition) is 0. The Morgan fingerprint density at radius 1 is 0.536 bits per heavy atom. The third-order valence-corrected chi connectivity index (χ3v) is 14.6. The van der Waals surface area contributed by atoms with Crippen LogP contribution in [0.25, 0.3) is 21.8 Å². The SMILES string of the molecule is CC1CCN(c2c(S(=O)(=O)c3ccccc3)cnc3cc4c(cc23)OCCO4)CC1.CC1CCN(c2c(S(=O)(=O)c3ccccc3)cnc3ccccc23)CC1. The zero-order valence-electron chi connectivity index (χ0n) is 31.7. The average molecular weight is 791 g/mol. The number of aromatic nitrogens is 2. The standard InChI is InChI=1S/C23H24N2O4S.C21H22N2O2S/c1-16-7-9-25(10-8-16)23-18-13-20-21(29-12-11-28-20)14-19(18)24-15-22(23)30(26,27)17-5-3-2-4-6-17;1-16-11-13-23(14-12-16)21-18-9-5-6-10-19(18)22-15-20(21)26(24,25)17-7-3-2-4-8-17/h2-6,13-16H,7-12H2,1H3;2-10,15-16H,11-14H2,1H3. The Morgan fingerprint density at radius 3 is 1.48 bits per heavy atom. The van der Waals surface area contributed by atoms with Gasteiger partial charge in [0.2, 0.25) is 19.7 Å². The van der Waals surface area contributed by atoms with Crippen LogP contribution in [0, 0.1) is 11.8 Å². The predicted molar refractivity (Wildman–Crippen MR) is 219 cm³/mol. The molecule has 0 unspecified atom stereocenters. The van der Waals surface area contributed by atoms with Crippen molar-refractivity contribution in [2.75, 3.05) is 49.2 Å². The van der Waals surface area contributed by atoms with Crippen LogP contribution in [-0.4, -0.2) is 66.2 Å². The highest BCUT2D eigenvalue weighted by molar-refractivity contribution is 7.92. The number of piperidine rings is 2. The van der Waals surface area contributed by atoms with E-state index in [1.54, 1.807) is 48.5 Å². The Labute approximate surface area is 329 Å². The van der Waals surface area contributed by atoms with Gasteiger partial charge in [-0.2, -0.15) is 0 Å². The molecule has 12 heteroatoms. The highest BCUT2D eigenvalue weighted by Gasteiger charge is 2.31. The fourth-order valence-electron chi connectivity index (χ4n) is 7.77. The third kappa shape index (κ3) is 7.39. The second-order valence-corrected chi connectivity index (χ2v) is 18.8. The summed E-state index contributed by atoms with van der Waals surface area (Å²) in [7, 11) is -7.35. The highest BCUT2D eigenvalue weighted by atomic mass is 32.2. The van der Waals surface area contributed by atoms with Gasteiger partial charge in [0.15, 0.2) is 11.5 Å². The van der Waals surface area contributed by atoms with E-state index in [-0.39, 0.29) is 9.79 Å². The van der Waals surface area contributed by atoms with E-state index in [0.717, 1.165) is 73.8 Å². The number of ether oxygens (including phenoxy) is 2. The summed E-state index contributed by atoms with van der Waals surface area (Å²) in [6.45, 7) is 8.83. The second-order valence-electron chi connectivity index (χ2n) is 14.9. The van der Waals surface area contributed by atoms with Crippen molar-refractivity contribution >= 4 is 52.9 Å². The number of rotatable bonds is 6. The largest absolute Gasteiger partial charge is 0.486 e. The summed E-state index contributed by atoms with van der Waals surface area (Å²) >= 11 is 0. The van der Waals surface area contributed by atoms with Gasteiger partial charge < -0.3 is 19.3 Å². The van der Waals surface area contributed by atoms with Crippen molar-refractivity contribution in [3.8, 4) is 11.5 Å². The molecule has 0 spiro atoms. The van der Waals surface area contributed by atoms with Crippen molar-refractivity contribution in [1.82, 2.24) is 9.97 Å². The van der Waals surface area contributed by atoms with E-state index in [1.807, 2.05) is 48.5 Å². The van der Waals surface area contributed by atoms with Gasteiger partial charge in [-0.25, -0.2) is 16.8 Å². The monoisotopic (exact) mass is 790 g/mol. The van der Waals surface area contributed by atoms with Crippen molar-refractivity contribution in [2.24, 2.45) is 11.8 Å². The molecular formula is C44H46N4O6S2. The van der Waals surface area contributed by atoms with E-state index in [4.69, 9.17) is 9.47 Å². The first kappa shape index (κ1) is 37.7. The fourth-order valence-corrected chi connectivity index (χ4v) is 10.7. The van der Waals surface area contributed by atoms with E-state index in [2.05, 4.69) is 33.6 Å². The van der Waals surface area contributed by atoms with Gasteiger partial charge in [-0.1, -0.05) is 68.4 Å². The van der Waals surface area contributed by atoms with Gasteiger partial charge in [-0.05, 0) is 73.9 Å². The van der Waals surface area contributed by atoms with E-state index in [1.165, 1.54) is 12.4 Å². The molecule has 56 heavy (non-hydrogen) atoms. The van der Waals surface area contributed by atoms with Crippen LogP contribution in [0.5, 0.6) is 11.5 Å². The van der Waals surface area contributed by atoms with Crippen LogP contribution in [0.15, 0.2) is 129 Å². The minimum Gasteiger partial charge on any atom is -0.486 e. The lowest BCUT2D eigenvalue weighted by atomic mass is 9.98. The summed E-state index contributed by atoms with van der Waals surface area (Å²) in [5, 5.41) is 1.69. The molecule has 290 valence electrons. The van der Waals surface area contributed by atoms with E-state index < -0.39 is 19.7 Å². The van der Waals surface area contributed by atoms with E-state index >= 15 is 0 Å². The number of pyridine rings is 2. The zero-order valence-corrected chi connectivity index (χ0v) is 33.3. The lowest BCUT2D eigenvalue weighted by Crippen LogP contribution is -2.34. The third-order valence-electron chi connectivity index (χ3n) is 11.1. The van der Waals surface area contributed by atoms with Crippen LogP contribution in [-0.2, 0) is 19.7 Å². The smallest absolute Gasteiger partial charge is 0.210 e. The summed E-state index contributed by atoms with van der Waals surface area (Å²) in [6, 6.07) is 28.7. The Morgan fingerprint density at radius 2 is 0.964 bits per heavy atom. The van der Waals surface area contributed by atoms with Gasteiger partial charge in [0.05, 0.1) is 32.2 Å². The van der Waals surface area contributed by atoms with Gasteiger partial charge in [0.1, 0.15) is 23.0 Å². The molecule has 0 atom stereocenters. The Hall–Kier alpha value is -5.20. The first-order chi connectivity index (χ1) is 27.1. The molecule has 0 N–H and O–H groups in total. The molecular weight excluding hydrogens is 745 g/mol. The average Bonchev–Trinajstić information content (AvgIpc) is 3.23. The summed E-state index contributed by atoms with van der Waals surface area (Å²) in [6.07, 6.45) is 7.22. The topological polar surface area (TPSA) is 119 Å². The van der Waals surface area contributed by atoms with Crippen LogP contribution in [0.1, 0.15) is 39.5 Å². The molecule has 4 aromatic carbocycles. The molecule has 3 aliphatic heterocycles. The number of benzene rings is 4. The second kappa shape index (κ2) is 15.7. The number of para-hydroxylation sites is 1. The lowest BCUT2D eigenvalue weighted by Gasteiger charge is -2.34. The molecule has 0 aliphatic carbocycles. The fraction of sp³-hybridized carbons (Fsp3) is 0.318. The molecule has 0 radical (unpaired) electrons. The van der Waals surface area contributed by atoms with Crippen molar-refractivity contribution in [2.45, 2.75) is 59.1 Å². The number of anilines is 2. The molecule has 0 amide bonds. The summed E-state index contributed by atoms with van der Waals surface area (Å²) in [5.74, 6) is 2.59.